The van der Waals surface area contributed by atoms with Crippen molar-refractivity contribution in [1.82, 2.24) is 4.98 Å². The first-order chi connectivity index (χ1) is 16.4. The van der Waals surface area contributed by atoms with Gasteiger partial charge in [0.05, 0.1) is 20.3 Å². The Balaban J connectivity index is 1.45. The van der Waals surface area contributed by atoms with Crippen LogP contribution in [0.5, 0.6) is 0 Å². The number of ether oxygens (including phenoxy) is 1. The van der Waals surface area contributed by atoms with Crippen LogP contribution < -0.4 is 0 Å². The molecule has 0 radical (unpaired) electrons. The SMILES string of the molecule is C[N+](C)(CC(=O)OCc1ccccc1)Cc1cnc(C(O)(c2ccccc2)C2CCCCC2)o1. The fourth-order valence-electron chi connectivity index (χ4n) is 4.91. The number of aliphatic hydroxyl groups is 1. The van der Waals surface area contributed by atoms with E-state index >= 15 is 0 Å². The third kappa shape index (κ3) is 5.75. The number of carbonyl (C=O) groups is 1. The van der Waals surface area contributed by atoms with Crippen molar-refractivity contribution < 1.29 is 23.5 Å². The number of aromatic nitrogens is 1. The molecule has 1 fully saturated rings. The molecule has 4 rings (SSSR count). The summed E-state index contributed by atoms with van der Waals surface area (Å²) in [6, 6.07) is 19.4. The van der Waals surface area contributed by atoms with E-state index in [4.69, 9.17) is 9.15 Å². The van der Waals surface area contributed by atoms with Crippen molar-refractivity contribution in [2.75, 3.05) is 20.6 Å². The van der Waals surface area contributed by atoms with Gasteiger partial charge in [-0.1, -0.05) is 79.9 Å². The maximum atomic E-state index is 12.5. The van der Waals surface area contributed by atoms with Crippen LogP contribution in [0.3, 0.4) is 0 Å². The van der Waals surface area contributed by atoms with E-state index in [9.17, 15) is 9.90 Å². The molecule has 1 aliphatic carbocycles. The Kier molecular flexibility index (Phi) is 7.49. The average molecular weight is 464 g/mol. The molecule has 0 saturated heterocycles. The fraction of sp³-hybridized carbons (Fsp3) is 0.429. The summed E-state index contributed by atoms with van der Waals surface area (Å²) in [4.78, 5) is 17.0. The van der Waals surface area contributed by atoms with Crippen LogP contribution in [0.1, 0.15) is 54.9 Å². The second-order valence-corrected chi connectivity index (χ2v) is 10.00. The van der Waals surface area contributed by atoms with E-state index in [0.29, 0.717) is 22.7 Å². The van der Waals surface area contributed by atoms with Crippen LogP contribution in [0.4, 0.5) is 0 Å². The van der Waals surface area contributed by atoms with Gasteiger partial charge in [-0.2, -0.15) is 0 Å². The van der Waals surface area contributed by atoms with Gasteiger partial charge < -0.3 is 18.7 Å². The highest BCUT2D eigenvalue weighted by atomic mass is 16.5. The summed E-state index contributed by atoms with van der Waals surface area (Å²) in [6.45, 7) is 0.926. The van der Waals surface area contributed by atoms with Crippen LogP contribution in [0.25, 0.3) is 0 Å². The molecular weight excluding hydrogens is 428 g/mol. The van der Waals surface area contributed by atoms with E-state index in [1.807, 2.05) is 74.8 Å². The molecule has 34 heavy (non-hydrogen) atoms. The standard InChI is InChI=1S/C28H35N2O4/c1-30(2,20-26(31)33-21-22-12-6-3-7-13-22)19-25-18-29-27(34-25)28(32,23-14-8-4-9-15-23)24-16-10-5-11-17-24/h3-4,6-9,12-15,18,24,32H,5,10-11,16-17,19-21H2,1-2H3/q+1. The maximum absolute atomic E-state index is 12.5. The second kappa shape index (κ2) is 10.5. The van der Waals surface area contributed by atoms with Gasteiger partial charge >= 0.3 is 5.97 Å². The van der Waals surface area contributed by atoms with Crippen LogP contribution in [-0.2, 0) is 28.3 Å². The Morgan fingerprint density at radius 2 is 1.71 bits per heavy atom. The second-order valence-electron chi connectivity index (χ2n) is 10.00. The highest BCUT2D eigenvalue weighted by Crippen LogP contribution is 2.43. The summed E-state index contributed by atoms with van der Waals surface area (Å²) in [5.41, 5.74) is 0.517. The third-order valence-corrected chi connectivity index (χ3v) is 6.67. The summed E-state index contributed by atoms with van der Waals surface area (Å²) < 4.78 is 12.0. The first kappa shape index (κ1) is 24.2. The van der Waals surface area contributed by atoms with Crippen molar-refractivity contribution in [2.45, 2.75) is 50.9 Å². The molecule has 0 bridgehead atoms. The highest BCUT2D eigenvalue weighted by Gasteiger charge is 2.44. The van der Waals surface area contributed by atoms with E-state index in [1.165, 1.54) is 6.42 Å². The lowest BCUT2D eigenvalue weighted by molar-refractivity contribution is -0.897. The molecule has 1 saturated carbocycles. The first-order valence-corrected chi connectivity index (χ1v) is 12.1. The Bertz CT molecular complexity index is 1060. The van der Waals surface area contributed by atoms with E-state index in [2.05, 4.69) is 4.98 Å². The number of quaternary nitrogens is 1. The first-order valence-electron chi connectivity index (χ1n) is 12.1. The van der Waals surface area contributed by atoms with Crippen molar-refractivity contribution in [3.05, 3.63) is 89.6 Å². The number of nitrogens with zero attached hydrogens (tertiary/aromatic N) is 2. The number of carbonyl (C=O) groups excluding carboxylic acids is 1. The number of benzene rings is 2. The molecule has 3 aromatic rings. The lowest BCUT2D eigenvalue weighted by atomic mass is 9.73. The lowest BCUT2D eigenvalue weighted by Crippen LogP contribution is -2.43. The number of likely N-dealkylation sites (N-methyl/N-ethyl adjacent to an activating group) is 1. The summed E-state index contributed by atoms with van der Waals surface area (Å²) >= 11 is 0. The molecule has 0 aliphatic heterocycles. The van der Waals surface area contributed by atoms with Crippen molar-refractivity contribution in [3.63, 3.8) is 0 Å². The minimum absolute atomic E-state index is 0.0608. The van der Waals surface area contributed by atoms with E-state index in [-0.39, 0.29) is 25.0 Å². The topological polar surface area (TPSA) is 72.6 Å². The normalized spacial score (nSPS) is 16.7. The molecule has 0 spiro atoms. The summed E-state index contributed by atoms with van der Waals surface area (Å²) in [5.74, 6) is 0.774. The predicted molar refractivity (Wildman–Crippen MR) is 129 cm³/mol. The Morgan fingerprint density at radius 3 is 2.38 bits per heavy atom. The molecule has 1 heterocycles. The minimum Gasteiger partial charge on any atom is -0.457 e. The van der Waals surface area contributed by atoms with Gasteiger partial charge in [-0.15, -0.1) is 0 Å². The van der Waals surface area contributed by atoms with E-state index in [1.54, 1.807) is 6.20 Å². The van der Waals surface area contributed by atoms with E-state index < -0.39 is 5.60 Å². The monoisotopic (exact) mass is 463 g/mol. The number of oxazole rings is 1. The molecule has 2 aromatic carbocycles. The molecule has 180 valence electrons. The van der Waals surface area contributed by atoms with Gasteiger partial charge in [-0.3, -0.25) is 0 Å². The fourth-order valence-corrected chi connectivity index (χ4v) is 4.91. The quantitative estimate of drug-likeness (QED) is 0.364. The van der Waals surface area contributed by atoms with Gasteiger partial charge in [0.15, 0.2) is 17.9 Å². The van der Waals surface area contributed by atoms with Crippen LogP contribution in [-0.4, -0.2) is 41.2 Å². The molecule has 1 aliphatic rings. The molecule has 1 N–H and O–H groups in total. The number of hydrogen-bond donors (Lipinski definition) is 1. The van der Waals surface area contributed by atoms with Gasteiger partial charge in [-0.25, -0.2) is 9.78 Å². The molecule has 0 amide bonds. The van der Waals surface area contributed by atoms with Crippen LogP contribution in [0.2, 0.25) is 0 Å². The van der Waals surface area contributed by atoms with Gasteiger partial charge in [0.1, 0.15) is 13.2 Å². The zero-order chi connectivity index (χ0) is 24.0. The lowest BCUT2D eigenvalue weighted by Gasteiger charge is -2.36. The smallest absolute Gasteiger partial charge is 0.362 e. The Hall–Kier alpha value is -2.96. The van der Waals surface area contributed by atoms with E-state index in [0.717, 1.165) is 36.8 Å². The zero-order valence-corrected chi connectivity index (χ0v) is 20.2. The highest BCUT2D eigenvalue weighted by molar-refractivity contribution is 5.70. The average Bonchev–Trinajstić information content (AvgIpc) is 3.32. The number of esters is 1. The van der Waals surface area contributed by atoms with Crippen LogP contribution in [0, 0.1) is 5.92 Å². The van der Waals surface area contributed by atoms with Crippen molar-refractivity contribution >= 4 is 5.97 Å². The van der Waals surface area contributed by atoms with Crippen LogP contribution in [0.15, 0.2) is 71.3 Å². The molecule has 1 aromatic heterocycles. The van der Waals surface area contributed by atoms with Crippen molar-refractivity contribution in [2.24, 2.45) is 5.92 Å². The van der Waals surface area contributed by atoms with Crippen molar-refractivity contribution in [3.8, 4) is 0 Å². The van der Waals surface area contributed by atoms with Crippen LogP contribution >= 0.6 is 0 Å². The molecule has 6 nitrogen and oxygen atoms in total. The third-order valence-electron chi connectivity index (χ3n) is 6.67. The molecule has 1 atom stereocenters. The zero-order valence-electron chi connectivity index (χ0n) is 20.2. The Morgan fingerprint density at radius 1 is 1.06 bits per heavy atom. The minimum atomic E-state index is -1.26. The number of hydrogen-bond acceptors (Lipinski definition) is 5. The van der Waals surface area contributed by atoms with Gasteiger partial charge in [0.2, 0.25) is 5.89 Å². The summed E-state index contributed by atoms with van der Waals surface area (Å²) in [6.07, 6.45) is 6.96. The maximum Gasteiger partial charge on any atom is 0.362 e. The molecule has 6 heteroatoms. The summed E-state index contributed by atoms with van der Waals surface area (Å²) in [7, 11) is 3.91. The van der Waals surface area contributed by atoms with Crippen molar-refractivity contribution in [1.29, 1.82) is 0 Å². The van der Waals surface area contributed by atoms with Gasteiger partial charge in [-0.05, 0) is 24.0 Å². The summed E-state index contributed by atoms with van der Waals surface area (Å²) in [5, 5.41) is 12.0. The molecule has 1 unspecified atom stereocenters. The molecular formula is C28H35N2O4+. The predicted octanol–water partition coefficient (Wildman–Crippen LogP) is 4.81. The largest absolute Gasteiger partial charge is 0.457 e. The van der Waals surface area contributed by atoms with Gasteiger partial charge in [0.25, 0.3) is 0 Å². The Labute approximate surface area is 201 Å². The van der Waals surface area contributed by atoms with Gasteiger partial charge in [0, 0.05) is 5.92 Å². The number of rotatable bonds is 9.